The van der Waals surface area contributed by atoms with E-state index in [0.717, 1.165) is 16.7 Å². The molecule has 0 radical (unpaired) electrons. The summed E-state index contributed by atoms with van der Waals surface area (Å²) in [5.74, 6) is 0.216. The molecule has 1 atom stereocenters. The lowest BCUT2D eigenvalue weighted by Crippen LogP contribution is -2.38. The van der Waals surface area contributed by atoms with Crippen LogP contribution in [0.4, 0.5) is 0 Å². The molecular formula is C27H22ClN3O3. The largest absolute Gasteiger partial charge is 0.493 e. The van der Waals surface area contributed by atoms with Crippen LogP contribution in [-0.4, -0.2) is 22.3 Å². The van der Waals surface area contributed by atoms with Gasteiger partial charge in [0.2, 0.25) is 0 Å². The molecule has 2 heterocycles. The Balaban J connectivity index is 1.66. The van der Waals surface area contributed by atoms with Gasteiger partial charge in [0, 0.05) is 35.2 Å². The standard InChI is InChI=1S/C27H22ClN3O3/c1-31-27(33)24(26(32)29-21-14-15-34-22-13-12-19(28)16-20(21)22)23(17-8-4-2-5-9-17)25(30-31)18-10-6-3-7-11-18/h2-13,16,21H,14-15H2,1H3,(H,29,32). The van der Waals surface area contributed by atoms with E-state index in [4.69, 9.17) is 16.3 Å². The maximum absolute atomic E-state index is 13.7. The van der Waals surface area contributed by atoms with Crippen LogP contribution < -0.4 is 15.6 Å². The zero-order valence-electron chi connectivity index (χ0n) is 18.5. The number of carbonyl (C=O) groups excluding carboxylic acids is 1. The van der Waals surface area contributed by atoms with Crippen LogP contribution in [0.15, 0.2) is 83.7 Å². The van der Waals surface area contributed by atoms with E-state index in [0.29, 0.717) is 35.1 Å². The van der Waals surface area contributed by atoms with Crippen LogP contribution in [-0.2, 0) is 7.05 Å². The normalized spacial score (nSPS) is 14.7. The first-order valence-corrected chi connectivity index (χ1v) is 11.4. The number of aromatic nitrogens is 2. The molecule has 34 heavy (non-hydrogen) atoms. The van der Waals surface area contributed by atoms with Crippen molar-refractivity contribution < 1.29 is 9.53 Å². The zero-order valence-corrected chi connectivity index (χ0v) is 19.3. The van der Waals surface area contributed by atoms with E-state index in [1.165, 1.54) is 4.68 Å². The van der Waals surface area contributed by atoms with E-state index in [1.54, 1.807) is 25.2 Å². The van der Waals surface area contributed by atoms with Gasteiger partial charge in [0.1, 0.15) is 11.3 Å². The summed E-state index contributed by atoms with van der Waals surface area (Å²) in [4.78, 5) is 27.1. The van der Waals surface area contributed by atoms with E-state index in [2.05, 4.69) is 10.4 Å². The van der Waals surface area contributed by atoms with Crippen LogP contribution in [0.1, 0.15) is 28.4 Å². The number of benzene rings is 3. The minimum Gasteiger partial charge on any atom is -0.493 e. The number of hydrogen-bond donors (Lipinski definition) is 1. The second-order valence-corrected chi connectivity index (χ2v) is 8.54. The van der Waals surface area contributed by atoms with Gasteiger partial charge in [0.05, 0.1) is 18.3 Å². The molecule has 3 aromatic carbocycles. The van der Waals surface area contributed by atoms with Crippen molar-refractivity contribution >= 4 is 17.5 Å². The van der Waals surface area contributed by atoms with Crippen LogP contribution in [0.25, 0.3) is 22.4 Å². The van der Waals surface area contributed by atoms with E-state index in [-0.39, 0.29) is 11.6 Å². The van der Waals surface area contributed by atoms with Gasteiger partial charge in [-0.3, -0.25) is 9.59 Å². The number of hydrogen-bond acceptors (Lipinski definition) is 4. The van der Waals surface area contributed by atoms with Gasteiger partial charge in [-0.2, -0.15) is 5.10 Å². The number of rotatable bonds is 4. The van der Waals surface area contributed by atoms with Gasteiger partial charge in [0.25, 0.3) is 11.5 Å². The van der Waals surface area contributed by atoms with Crippen LogP contribution >= 0.6 is 11.6 Å². The highest BCUT2D eigenvalue weighted by Gasteiger charge is 2.29. The number of nitrogens with one attached hydrogen (secondary N) is 1. The van der Waals surface area contributed by atoms with E-state index >= 15 is 0 Å². The number of fused-ring (bicyclic) bond motifs is 1. The Labute approximate surface area is 201 Å². The van der Waals surface area contributed by atoms with Crippen molar-refractivity contribution in [2.24, 2.45) is 7.05 Å². The van der Waals surface area contributed by atoms with Gasteiger partial charge >= 0.3 is 0 Å². The third-order valence-electron chi connectivity index (χ3n) is 5.90. The molecule has 0 bridgehead atoms. The molecule has 0 saturated carbocycles. The number of ether oxygens (including phenoxy) is 1. The van der Waals surface area contributed by atoms with Crippen LogP contribution in [0, 0.1) is 0 Å². The molecule has 1 aliphatic heterocycles. The maximum atomic E-state index is 13.7. The number of carbonyl (C=O) groups is 1. The smallest absolute Gasteiger partial charge is 0.280 e. The van der Waals surface area contributed by atoms with Crippen molar-refractivity contribution in [3.05, 3.63) is 105 Å². The molecule has 1 unspecified atom stereocenters. The van der Waals surface area contributed by atoms with Crippen molar-refractivity contribution in [3.8, 4) is 28.1 Å². The summed E-state index contributed by atoms with van der Waals surface area (Å²) in [6, 6.07) is 23.9. The fraction of sp³-hybridized carbons (Fsp3) is 0.148. The molecule has 0 spiro atoms. The second-order valence-electron chi connectivity index (χ2n) is 8.10. The van der Waals surface area contributed by atoms with Crippen molar-refractivity contribution in [1.29, 1.82) is 0 Å². The monoisotopic (exact) mass is 471 g/mol. The lowest BCUT2D eigenvalue weighted by molar-refractivity contribution is 0.0923. The first-order chi connectivity index (χ1) is 16.5. The molecule has 5 rings (SSSR count). The van der Waals surface area contributed by atoms with Gasteiger partial charge in [-0.15, -0.1) is 0 Å². The molecule has 6 nitrogen and oxygen atoms in total. The van der Waals surface area contributed by atoms with Crippen LogP contribution in [0.3, 0.4) is 0 Å². The van der Waals surface area contributed by atoms with Crippen LogP contribution in [0.5, 0.6) is 5.75 Å². The molecule has 0 saturated heterocycles. The van der Waals surface area contributed by atoms with E-state index in [9.17, 15) is 9.59 Å². The first kappa shape index (κ1) is 21.9. The summed E-state index contributed by atoms with van der Waals surface area (Å²) in [5.41, 5.74) is 3.01. The number of amides is 1. The molecule has 0 aliphatic carbocycles. The molecule has 1 aliphatic rings. The summed E-state index contributed by atoms with van der Waals surface area (Å²) in [5, 5.41) is 8.16. The Bertz CT molecular complexity index is 1420. The lowest BCUT2D eigenvalue weighted by Gasteiger charge is -2.27. The van der Waals surface area contributed by atoms with Gasteiger partial charge in [-0.1, -0.05) is 72.3 Å². The summed E-state index contributed by atoms with van der Waals surface area (Å²) in [6.45, 7) is 0.453. The highest BCUT2D eigenvalue weighted by molar-refractivity contribution is 6.30. The number of halogens is 1. The molecule has 4 aromatic rings. The fourth-order valence-electron chi connectivity index (χ4n) is 4.27. The van der Waals surface area contributed by atoms with Gasteiger partial charge in [-0.25, -0.2) is 4.68 Å². The Morgan fingerprint density at radius 1 is 1.03 bits per heavy atom. The van der Waals surface area contributed by atoms with Crippen LogP contribution in [0.2, 0.25) is 5.02 Å². The molecule has 1 amide bonds. The second kappa shape index (κ2) is 9.15. The Morgan fingerprint density at radius 3 is 2.41 bits per heavy atom. The minimum atomic E-state index is -0.464. The number of nitrogens with zero attached hydrogens (tertiary/aromatic N) is 2. The van der Waals surface area contributed by atoms with Crippen molar-refractivity contribution in [1.82, 2.24) is 15.1 Å². The average molecular weight is 472 g/mol. The maximum Gasteiger partial charge on any atom is 0.280 e. The van der Waals surface area contributed by atoms with Crippen molar-refractivity contribution in [2.45, 2.75) is 12.5 Å². The van der Waals surface area contributed by atoms with Crippen molar-refractivity contribution in [2.75, 3.05) is 6.61 Å². The molecule has 1 N–H and O–H groups in total. The topological polar surface area (TPSA) is 73.2 Å². The average Bonchev–Trinajstić information content (AvgIpc) is 2.86. The highest BCUT2D eigenvalue weighted by atomic mass is 35.5. The summed E-state index contributed by atoms with van der Waals surface area (Å²) >= 11 is 6.21. The summed E-state index contributed by atoms with van der Waals surface area (Å²) in [7, 11) is 1.56. The predicted molar refractivity (Wildman–Crippen MR) is 132 cm³/mol. The summed E-state index contributed by atoms with van der Waals surface area (Å²) in [6.07, 6.45) is 0.566. The number of aryl methyl sites for hydroxylation is 1. The molecular weight excluding hydrogens is 450 g/mol. The van der Waals surface area contributed by atoms with Gasteiger partial charge in [0.15, 0.2) is 0 Å². The quantitative estimate of drug-likeness (QED) is 0.453. The van der Waals surface area contributed by atoms with Gasteiger partial charge in [-0.05, 0) is 23.8 Å². The third-order valence-corrected chi connectivity index (χ3v) is 6.13. The Hall–Kier alpha value is -3.90. The van der Waals surface area contributed by atoms with Crippen molar-refractivity contribution in [3.63, 3.8) is 0 Å². The highest BCUT2D eigenvalue weighted by Crippen LogP contribution is 2.35. The zero-order chi connectivity index (χ0) is 23.7. The Morgan fingerprint density at radius 2 is 1.71 bits per heavy atom. The lowest BCUT2D eigenvalue weighted by atomic mass is 9.94. The van der Waals surface area contributed by atoms with E-state index in [1.807, 2.05) is 60.7 Å². The Kier molecular flexibility index (Phi) is 5.90. The van der Waals surface area contributed by atoms with E-state index < -0.39 is 11.5 Å². The molecule has 1 aromatic heterocycles. The molecule has 170 valence electrons. The molecule has 7 heteroatoms. The molecule has 0 fully saturated rings. The van der Waals surface area contributed by atoms with Gasteiger partial charge < -0.3 is 10.1 Å². The fourth-order valence-corrected chi connectivity index (χ4v) is 4.45. The summed E-state index contributed by atoms with van der Waals surface area (Å²) < 4.78 is 6.94. The predicted octanol–water partition coefficient (Wildman–Crippen LogP) is 5.02. The minimum absolute atomic E-state index is 0.0534. The SMILES string of the molecule is Cn1nc(-c2ccccc2)c(-c2ccccc2)c(C(=O)NC2CCOc3ccc(Cl)cc32)c1=O. The third kappa shape index (κ3) is 4.08. The first-order valence-electron chi connectivity index (χ1n) is 11.0.